The molecule has 2 nitrogen and oxygen atoms in total. The Morgan fingerprint density at radius 1 is 0.571 bits per heavy atom. The number of aryl methyl sites for hydroxylation is 2. The summed E-state index contributed by atoms with van der Waals surface area (Å²) in [6.07, 6.45) is 21.2. The minimum atomic E-state index is -0.142. The van der Waals surface area contributed by atoms with Gasteiger partial charge in [-0.3, -0.25) is 0 Å². The van der Waals surface area contributed by atoms with Crippen LogP contribution >= 0.6 is 0 Å². The van der Waals surface area contributed by atoms with Crippen molar-refractivity contribution in [3.63, 3.8) is 0 Å². The van der Waals surface area contributed by atoms with Gasteiger partial charge in [0, 0.05) is 23.5 Å². The summed E-state index contributed by atoms with van der Waals surface area (Å²) in [4.78, 5) is 9.15. The summed E-state index contributed by atoms with van der Waals surface area (Å²) in [7, 11) is 0. The van der Waals surface area contributed by atoms with E-state index in [1.54, 1.807) is 6.07 Å². The van der Waals surface area contributed by atoms with Crippen molar-refractivity contribution in [3.05, 3.63) is 71.8 Å². The average molecular weight is 475 g/mol. The fourth-order valence-corrected chi connectivity index (χ4v) is 4.60. The van der Waals surface area contributed by atoms with Crippen molar-refractivity contribution in [1.29, 1.82) is 0 Å². The highest BCUT2D eigenvalue weighted by atomic mass is 19.1. The molecule has 0 aliphatic heterocycles. The molecule has 3 heteroatoms. The van der Waals surface area contributed by atoms with Gasteiger partial charge in [0.15, 0.2) is 5.82 Å². The van der Waals surface area contributed by atoms with Crippen LogP contribution in [0.5, 0.6) is 0 Å². The summed E-state index contributed by atoms with van der Waals surface area (Å²) in [5.41, 5.74) is 4.78. The van der Waals surface area contributed by atoms with Crippen LogP contribution in [0.3, 0.4) is 0 Å². The summed E-state index contributed by atoms with van der Waals surface area (Å²) in [6, 6.07) is 13.6. The van der Waals surface area contributed by atoms with Crippen LogP contribution in [0.4, 0.5) is 4.39 Å². The van der Waals surface area contributed by atoms with Gasteiger partial charge in [-0.05, 0) is 48.4 Å². The molecule has 0 bridgehead atoms. The highest BCUT2D eigenvalue weighted by Gasteiger charge is 2.08. The molecule has 1 aromatic heterocycles. The van der Waals surface area contributed by atoms with Crippen molar-refractivity contribution in [2.24, 2.45) is 0 Å². The SMILES string of the molecule is CCCCCCCCc1cnc(-c2ccc(-c3ccc(CCCCCCCC)cc3F)cc2)nc1. The number of halogens is 1. The average Bonchev–Trinajstić information content (AvgIpc) is 2.89. The van der Waals surface area contributed by atoms with Gasteiger partial charge in [0.05, 0.1) is 0 Å². The van der Waals surface area contributed by atoms with Gasteiger partial charge < -0.3 is 0 Å². The molecule has 0 unspecified atom stereocenters. The minimum Gasteiger partial charge on any atom is -0.236 e. The van der Waals surface area contributed by atoms with Crippen molar-refractivity contribution in [1.82, 2.24) is 9.97 Å². The molecule has 35 heavy (non-hydrogen) atoms. The van der Waals surface area contributed by atoms with Gasteiger partial charge in [0.2, 0.25) is 0 Å². The van der Waals surface area contributed by atoms with Crippen molar-refractivity contribution in [2.45, 2.75) is 104 Å². The number of nitrogens with zero attached hydrogens (tertiary/aromatic N) is 2. The third-order valence-corrected chi connectivity index (χ3v) is 6.83. The Morgan fingerprint density at radius 3 is 1.66 bits per heavy atom. The number of hydrogen-bond acceptors (Lipinski definition) is 2. The first kappa shape index (κ1) is 27.0. The molecule has 0 radical (unpaired) electrons. The Kier molecular flexibility index (Phi) is 11.9. The lowest BCUT2D eigenvalue weighted by molar-refractivity contribution is 0.603. The quantitative estimate of drug-likeness (QED) is 0.193. The van der Waals surface area contributed by atoms with Gasteiger partial charge in [0.1, 0.15) is 5.82 Å². The number of hydrogen-bond donors (Lipinski definition) is 0. The maximum atomic E-state index is 14.8. The molecule has 3 aromatic rings. The maximum Gasteiger partial charge on any atom is 0.159 e. The summed E-state index contributed by atoms with van der Waals surface area (Å²) in [5, 5.41) is 0. The van der Waals surface area contributed by atoms with Gasteiger partial charge in [-0.1, -0.05) is 114 Å². The Labute approximate surface area is 212 Å². The summed E-state index contributed by atoms with van der Waals surface area (Å²) in [5.74, 6) is 0.578. The predicted octanol–water partition coefficient (Wildman–Crippen LogP) is 9.76. The molecular formula is C32H43FN2. The lowest BCUT2D eigenvalue weighted by Gasteiger charge is -2.08. The molecule has 2 aromatic carbocycles. The van der Waals surface area contributed by atoms with Crippen LogP contribution in [0.1, 0.15) is 102 Å². The molecule has 0 saturated carbocycles. The zero-order chi connectivity index (χ0) is 24.7. The molecule has 1 heterocycles. The van der Waals surface area contributed by atoms with Crippen molar-refractivity contribution in [3.8, 4) is 22.5 Å². The second-order valence-electron chi connectivity index (χ2n) is 9.84. The van der Waals surface area contributed by atoms with E-state index in [-0.39, 0.29) is 5.82 Å². The molecule has 3 rings (SSSR count). The number of rotatable bonds is 16. The van der Waals surface area contributed by atoms with Crippen LogP contribution in [0.15, 0.2) is 54.9 Å². The minimum absolute atomic E-state index is 0.142. The lowest BCUT2D eigenvalue weighted by atomic mass is 9.99. The first-order valence-corrected chi connectivity index (χ1v) is 13.9. The molecular weight excluding hydrogens is 431 g/mol. The third-order valence-electron chi connectivity index (χ3n) is 6.83. The normalized spacial score (nSPS) is 11.2. The standard InChI is InChI=1S/C32H43FN2/c1-3-5-7-9-11-13-15-26-17-22-30(31(33)23-26)28-18-20-29(21-19-28)32-34-24-27(25-35-32)16-14-12-10-8-6-4-2/h17-25H,3-16H2,1-2H3. The van der Waals surface area contributed by atoms with E-state index in [1.165, 1.54) is 76.2 Å². The predicted molar refractivity (Wildman–Crippen MR) is 147 cm³/mol. The van der Waals surface area contributed by atoms with Crippen LogP contribution in [0.25, 0.3) is 22.5 Å². The molecule has 0 fully saturated rings. The Hall–Kier alpha value is -2.55. The molecule has 0 saturated heterocycles. The van der Waals surface area contributed by atoms with E-state index in [0.29, 0.717) is 5.56 Å². The molecule has 0 aliphatic rings. The Bertz CT molecular complexity index is 979. The molecule has 0 amide bonds. The van der Waals surface area contributed by atoms with Crippen molar-refractivity contribution < 1.29 is 4.39 Å². The van der Waals surface area contributed by atoms with Gasteiger partial charge in [0.25, 0.3) is 0 Å². The van der Waals surface area contributed by atoms with Gasteiger partial charge >= 0.3 is 0 Å². The fourth-order valence-electron chi connectivity index (χ4n) is 4.60. The van der Waals surface area contributed by atoms with Crippen LogP contribution < -0.4 is 0 Å². The zero-order valence-corrected chi connectivity index (χ0v) is 21.9. The maximum absolute atomic E-state index is 14.8. The molecule has 188 valence electrons. The largest absolute Gasteiger partial charge is 0.236 e. The van der Waals surface area contributed by atoms with E-state index >= 15 is 0 Å². The second-order valence-corrected chi connectivity index (χ2v) is 9.84. The molecule has 0 aliphatic carbocycles. The number of aromatic nitrogens is 2. The van der Waals surface area contributed by atoms with E-state index in [2.05, 4.69) is 29.9 Å². The molecule has 0 N–H and O–H groups in total. The first-order chi connectivity index (χ1) is 17.2. The van der Waals surface area contributed by atoms with E-state index in [4.69, 9.17) is 0 Å². The van der Waals surface area contributed by atoms with Crippen molar-refractivity contribution >= 4 is 0 Å². The topological polar surface area (TPSA) is 25.8 Å². The Balaban J connectivity index is 1.51. The molecule has 0 atom stereocenters. The Morgan fingerprint density at radius 2 is 1.09 bits per heavy atom. The third kappa shape index (κ3) is 9.20. The highest BCUT2D eigenvalue weighted by molar-refractivity contribution is 5.68. The molecule has 0 spiro atoms. The fraction of sp³-hybridized carbons (Fsp3) is 0.500. The van der Waals surface area contributed by atoms with E-state index in [0.717, 1.165) is 41.8 Å². The zero-order valence-electron chi connectivity index (χ0n) is 21.9. The number of unbranched alkanes of at least 4 members (excludes halogenated alkanes) is 10. The highest BCUT2D eigenvalue weighted by Crippen LogP contribution is 2.27. The van der Waals surface area contributed by atoms with Gasteiger partial charge in [-0.15, -0.1) is 0 Å². The van der Waals surface area contributed by atoms with Crippen LogP contribution in [-0.4, -0.2) is 9.97 Å². The van der Waals surface area contributed by atoms with Gasteiger partial charge in [-0.25, -0.2) is 14.4 Å². The summed E-state index contributed by atoms with van der Waals surface area (Å²) in [6.45, 7) is 4.49. The lowest BCUT2D eigenvalue weighted by Crippen LogP contribution is -1.94. The summed E-state index contributed by atoms with van der Waals surface area (Å²) < 4.78 is 14.8. The van der Waals surface area contributed by atoms with Crippen LogP contribution in [-0.2, 0) is 12.8 Å². The second kappa shape index (κ2) is 15.4. The monoisotopic (exact) mass is 474 g/mol. The van der Waals surface area contributed by atoms with E-state index < -0.39 is 0 Å². The van der Waals surface area contributed by atoms with Crippen LogP contribution in [0.2, 0.25) is 0 Å². The summed E-state index contributed by atoms with van der Waals surface area (Å²) >= 11 is 0. The van der Waals surface area contributed by atoms with Crippen LogP contribution in [0, 0.1) is 5.82 Å². The smallest absolute Gasteiger partial charge is 0.159 e. The van der Waals surface area contributed by atoms with E-state index in [1.807, 2.05) is 42.7 Å². The van der Waals surface area contributed by atoms with Crippen molar-refractivity contribution in [2.75, 3.05) is 0 Å². The first-order valence-electron chi connectivity index (χ1n) is 13.9. The van der Waals surface area contributed by atoms with E-state index in [9.17, 15) is 4.39 Å². The number of benzene rings is 2. The van der Waals surface area contributed by atoms with Gasteiger partial charge in [-0.2, -0.15) is 0 Å².